The molecule has 22 heavy (non-hydrogen) atoms. The zero-order valence-electron chi connectivity index (χ0n) is 12.9. The second-order valence-electron chi connectivity index (χ2n) is 6.32. The highest BCUT2D eigenvalue weighted by atomic mass is 35.5. The predicted molar refractivity (Wildman–Crippen MR) is 87.7 cm³/mol. The molecule has 5 heteroatoms. The van der Waals surface area contributed by atoms with E-state index >= 15 is 0 Å². The van der Waals surface area contributed by atoms with Crippen molar-refractivity contribution in [2.24, 2.45) is 5.92 Å². The molecule has 0 radical (unpaired) electrons. The average Bonchev–Trinajstić information content (AvgIpc) is 2.73. The minimum absolute atomic E-state index is 0. The number of benzene rings is 1. The Balaban J connectivity index is 0.00000176. The van der Waals surface area contributed by atoms with Crippen LogP contribution in [0.3, 0.4) is 0 Å². The van der Waals surface area contributed by atoms with Crippen molar-refractivity contribution in [3.63, 3.8) is 0 Å². The summed E-state index contributed by atoms with van der Waals surface area (Å²) >= 11 is 0. The van der Waals surface area contributed by atoms with Gasteiger partial charge < -0.3 is 10.2 Å². The first kappa shape index (κ1) is 17.2. The monoisotopic (exact) mass is 326 g/mol. The van der Waals surface area contributed by atoms with Crippen molar-refractivity contribution < 1.29 is 9.18 Å². The van der Waals surface area contributed by atoms with Crippen LogP contribution in [0.15, 0.2) is 24.3 Å². The van der Waals surface area contributed by atoms with Gasteiger partial charge in [-0.3, -0.25) is 4.79 Å². The first-order valence-corrected chi connectivity index (χ1v) is 7.93. The molecule has 0 aromatic heterocycles. The molecular weight excluding hydrogens is 303 g/mol. The molecule has 2 aliphatic rings. The Hall–Kier alpha value is -1.13. The van der Waals surface area contributed by atoms with Gasteiger partial charge in [0.2, 0.25) is 5.91 Å². The van der Waals surface area contributed by atoms with Gasteiger partial charge in [0.15, 0.2) is 0 Å². The van der Waals surface area contributed by atoms with Crippen LogP contribution in [0.5, 0.6) is 0 Å². The number of nitrogens with zero attached hydrogens (tertiary/aromatic N) is 1. The van der Waals surface area contributed by atoms with Crippen molar-refractivity contribution in [1.82, 2.24) is 10.2 Å². The molecule has 2 saturated heterocycles. The van der Waals surface area contributed by atoms with Crippen LogP contribution < -0.4 is 5.32 Å². The summed E-state index contributed by atoms with van der Waals surface area (Å²) in [6.45, 7) is 3.81. The zero-order valence-corrected chi connectivity index (χ0v) is 13.7. The van der Waals surface area contributed by atoms with E-state index in [9.17, 15) is 9.18 Å². The molecule has 0 aliphatic carbocycles. The molecule has 3 nitrogen and oxygen atoms in total. The number of fused-ring (bicyclic) bond motifs is 2. The quantitative estimate of drug-likeness (QED) is 0.926. The molecule has 2 bridgehead atoms. The third-order valence-corrected chi connectivity index (χ3v) is 4.81. The fourth-order valence-corrected chi connectivity index (χ4v) is 3.68. The Labute approximate surface area is 137 Å². The van der Waals surface area contributed by atoms with Crippen LogP contribution in [0.25, 0.3) is 0 Å². The van der Waals surface area contributed by atoms with Gasteiger partial charge in [-0.15, -0.1) is 12.4 Å². The molecule has 1 amide bonds. The maximum atomic E-state index is 13.8. The van der Waals surface area contributed by atoms with E-state index in [1.807, 2.05) is 13.0 Å². The topological polar surface area (TPSA) is 32.3 Å². The Morgan fingerprint density at radius 1 is 1.32 bits per heavy atom. The number of carbonyl (C=O) groups excluding carboxylic acids is 1. The van der Waals surface area contributed by atoms with Crippen LogP contribution in [0.4, 0.5) is 4.39 Å². The molecule has 1 N–H and O–H groups in total. The van der Waals surface area contributed by atoms with Crippen molar-refractivity contribution in [2.45, 2.75) is 44.7 Å². The van der Waals surface area contributed by atoms with E-state index in [-0.39, 0.29) is 30.0 Å². The average molecular weight is 327 g/mol. The number of amides is 1. The van der Waals surface area contributed by atoms with Crippen molar-refractivity contribution in [3.8, 4) is 0 Å². The molecule has 1 aromatic carbocycles. The highest BCUT2D eigenvalue weighted by molar-refractivity contribution is 5.85. The SMILES string of the molecule is CC(Cc1ccccc1F)C(=O)N1C2CCNCC1CC2.Cl. The lowest BCUT2D eigenvalue weighted by Crippen LogP contribution is -2.45. The number of hydrogen-bond donors (Lipinski definition) is 1. The fraction of sp³-hybridized carbons (Fsp3) is 0.588. The van der Waals surface area contributed by atoms with Gasteiger partial charge in [-0.25, -0.2) is 4.39 Å². The Kier molecular flexibility index (Phi) is 5.81. The van der Waals surface area contributed by atoms with E-state index in [2.05, 4.69) is 10.2 Å². The fourth-order valence-electron chi connectivity index (χ4n) is 3.68. The van der Waals surface area contributed by atoms with E-state index in [0.717, 1.165) is 32.4 Å². The second kappa shape index (κ2) is 7.42. The molecule has 0 spiro atoms. The van der Waals surface area contributed by atoms with Crippen molar-refractivity contribution in [3.05, 3.63) is 35.6 Å². The minimum Gasteiger partial charge on any atom is -0.335 e. The van der Waals surface area contributed by atoms with E-state index in [1.165, 1.54) is 6.07 Å². The number of nitrogens with one attached hydrogen (secondary N) is 1. The van der Waals surface area contributed by atoms with Crippen molar-refractivity contribution in [1.29, 1.82) is 0 Å². The maximum absolute atomic E-state index is 13.8. The molecule has 3 atom stereocenters. The maximum Gasteiger partial charge on any atom is 0.226 e. The molecule has 122 valence electrons. The van der Waals surface area contributed by atoms with E-state index in [0.29, 0.717) is 24.1 Å². The van der Waals surface area contributed by atoms with Gasteiger partial charge in [0.1, 0.15) is 5.82 Å². The van der Waals surface area contributed by atoms with Crippen LogP contribution >= 0.6 is 12.4 Å². The Bertz CT molecular complexity index is 511. The summed E-state index contributed by atoms with van der Waals surface area (Å²) < 4.78 is 13.8. The number of halogens is 2. The second-order valence-corrected chi connectivity index (χ2v) is 6.32. The van der Waals surface area contributed by atoms with E-state index in [1.54, 1.807) is 12.1 Å². The van der Waals surface area contributed by atoms with Crippen molar-refractivity contribution in [2.75, 3.05) is 13.1 Å². The summed E-state index contributed by atoms with van der Waals surface area (Å²) in [4.78, 5) is 14.9. The predicted octanol–water partition coefficient (Wildman–Crippen LogP) is 2.78. The zero-order chi connectivity index (χ0) is 14.8. The third kappa shape index (κ3) is 3.44. The summed E-state index contributed by atoms with van der Waals surface area (Å²) in [6.07, 6.45) is 3.73. The molecule has 3 rings (SSSR count). The lowest BCUT2D eigenvalue weighted by Gasteiger charge is -2.30. The molecule has 2 heterocycles. The summed E-state index contributed by atoms with van der Waals surface area (Å²) in [5.41, 5.74) is 0.638. The lowest BCUT2D eigenvalue weighted by molar-refractivity contribution is -0.137. The normalized spacial score (nSPS) is 25.3. The number of carbonyl (C=O) groups is 1. The Morgan fingerprint density at radius 2 is 2.05 bits per heavy atom. The highest BCUT2D eigenvalue weighted by Crippen LogP contribution is 2.30. The number of rotatable bonds is 3. The van der Waals surface area contributed by atoms with Crippen LogP contribution in [0.2, 0.25) is 0 Å². The van der Waals surface area contributed by atoms with Crippen LogP contribution in [-0.2, 0) is 11.2 Å². The van der Waals surface area contributed by atoms with Gasteiger partial charge in [0.25, 0.3) is 0 Å². The van der Waals surface area contributed by atoms with Crippen LogP contribution in [0, 0.1) is 11.7 Å². The Morgan fingerprint density at radius 3 is 2.82 bits per heavy atom. The van der Waals surface area contributed by atoms with E-state index in [4.69, 9.17) is 0 Å². The summed E-state index contributed by atoms with van der Waals surface area (Å²) in [6, 6.07) is 7.46. The summed E-state index contributed by atoms with van der Waals surface area (Å²) in [5, 5.41) is 3.41. The minimum atomic E-state index is -0.211. The van der Waals surface area contributed by atoms with Gasteiger partial charge in [-0.2, -0.15) is 0 Å². The van der Waals surface area contributed by atoms with Gasteiger partial charge in [-0.05, 0) is 43.9 Å². The molecule has 0 saturated carbocycles. The third-order valence-electron chi connectivity index (χ3n) is 4.81. The highest BCUT2D eigenvalue weighted by Gasteiger charge is 2.39. The molecule has 1 aromatic rings. The molecule has 2 fully saturated rings. The van der Waals surface area contributed by atoms with E-state index < -0.39 is 0 Å². The molecule has 3 unspecified atom stereocenters. The van der Waals surface area contributed by atoms with Gasteiger partial charge in [-0.1, -0.05) is 25.1 Å². The number of hydrogen-bond acceptors (Lipinski definition) is 2. The van der Waals surface area contributed by atoms with Crippen molar-refractivity contribution >= 4 is 18.3 Å². The summed E-state index contributed by atoms with van der Waals surface area (Å²) in [5.74, 6) is -0.185. The first-order valence-electron chi connectivity index (χ1n) is 7.93. The van der Waals surface area contributed by atoms with Crippen LogP contribution in [-0.4, -0.2) is 36.0 Å². The molecular formula is C17H24ClFN2O. The largest absolute Gasteiger partial charge is 0.335 e. The smallest absolute Gasteiger partial charge is 0.226 e. The van der Waals surface area contributed by atoms with Gasteiger partial charge in [0, 0.05) is 24.5 Å². The standard InChI is InChI=1S/C17H23FN2O.ClH/c1-12(10-13-4-2-3-5-16(13)18)17(21)20-14-6-7-15(20)11-19-9-8-14;/h2-5,12,14-15,19H,6-11H2,1H3;1H. The van der Waals surface area contributed by atoms with Gasteiger partial charge >= 0.3 is 0 Å². The van der Waals surface area contributed by atoms with Crippen LogP contribution in [0.1, 0.15) is 31.7 Å². The first-order chi connectivity index (χ1) is 10.2. The summed E-state index contributed by atoms with van der Waals surface area (Å²) in [7, 11) is 0. The van der Waals surface area contributed by atoms with Gasteiger partial charge in [0.05, 0.1) is 0 Å². The lowest BCUT2D eigenvalue weighted by atomic mass is 9.98. The molecule has 2 aliphatic heterocycles.